The van der Waals surface area contributed by atoms with Gasteiger partial charge >= 0.3 is 0 Å². The number of allylic oxidation sites excluding steroid dienone is 1. The van der Waals surface area contributed by atoms with E-state index in [1.54, 1.807) is 31.0 Å². The zero-order chi connectivity index (χ0) is 26.5. The number of halogens is 1. The van der Waals surface area contributed by atoms with Crippen LogP contribution in [0.25, 0.3) is 6.08 Å². The fourth-order valence-corrected chi connectivity index (χ4v) is 6.11. The second-order valence-electron chi connectivity index (χ2n) is 9.50. The second-order valence-corrected chi connectivity index (χ2v) is 10.9. The summed E-state index contributed by atoms with van der Waals surface area (Å²) in [4.78, 5) is 13.6. The first kappa shape index (κ1) is 26.4. The standard InChI is InChI=1S/C31H31ClN2O3S/c1-36-26-14-8-21(9-15-26)18-24-4-3-5-28-30(24)33-34(31(28)23-10-16-27(37-2)17-11-23)29(35)20-38-19-22-6-12-25(32)13-7-22/h6-18,28,31H,3-5,19-20H2,1-2H3/b24-18-/t28-,31+/m0/s1. The van der Waals surface area contributed by atoms with Crippen molar-refractivity contribution in [2.24, 2.45) is 11.0 Å². The molecule has 1 amide bonds. The van der Waals surface area contributed by atoms with Crippen LogP contribution < -0.4 is 9.47 Å². The van der Waals surface area contributed by atoms with E-state index >= 15 is 0 Å². The lowest BCUT2D eigenvalue weighted by molar-refractivity contribution is -0.130. The van der Waals surface area contributed by atoms with Gasteiger partial charge in [-0.15, -0.1) is 11.8 Å². The molecule has 0 bridgehead atoms. The molecule has 3 aromatic rings. The molecule has 1 aliphatic carbocycles. The van der Waals surface area contributed by atoms with Crippen molar-refractivity contribution in [3.05, 3.63) is 100 Å². The minimum atomic E-state index is -0.126. The summed E-state index contributed by atoms with van der Waals surface area (Å²) in [6, 6.07) is 23.7. The van der Waals surface area contributed by atoms with Gasteiger partial charge in [-0.05, 0) is 84.0 Å². The average Bonchev–Trinajstić information content (AvgIpc) is 3.35. The van der Waals surface area contributed by atoms with E-state index in [1.807, 2.05) is 48.5 Å². The van der Waals surface area contributed by atoms with Gasteiger partial charge in [0.25, 0.3) is 5.91 Å². The van der Waals surface area contributed by atoms with E-state index in [9.17, 15) is 4.79 Å². The third kappa shape index (κ3) is 5.92. The van der Waals surface area contributed by atoms with Gasteiger partial charge in [0.1, 0.15) is 11.5 Å². The Hall–Kier alpha value is -3.22. The zero-order valence-corrected chi connectivity index (χ0v) is 23.2. The molecule has 1 saturated carbocycles. The van der Waals surface area contributed by atoms with Crippen molar-refractivity contribution in [2.75, 3.05) is 20.0 Å². The van der Waals surface area contributed by atoms with Gasteiger partial charge < -0.3 is 9.47 Å². The Morgan fingerprint density at radius 2 is 1.66 bits per heavy atom. The van der Waals surface area contributed by atoms with E-state index < -0.39 is 0 Å². The number of thioether (sulfide) groups is 1. The molecule has 2 atom stereocenters. The van der Waals surface area contributed by atoms with E-state index in [0.29, 0.717) is 10.8 Å². The minimum absolute atomic E-state index is 0.0236. The Kier molecular flexibility index (Phi) is 8.40. The number of hydrogen-bond acceptors (Lipinski definition) is 5. The van der Waals surface area contributed by atoms with Gasteiger partial charge in [-0.3, -0.25) is 4.79 Å². The molecule has 38 heavy (non-hydrogen) atoms. The monoisotopic (exact) mass is 546 g/mol. The summed E-state index contributed by atoms with van der Waals surface area (Å²) in [5.41, 5.74) is 5.56. The van der Waals surface area contributed by atoms with Crippen LogP contribution in [-0.4, -0.2) is 36.6 Å². The average molecular weight is 547 g/mol. The van der Waals surface area contributed by atoms with Crippen molar-refractivity contribution in [1.29, 1.82) is 0 Å². The summed E-state index contributed by atoms with van der Waals surface area (Å²) in [5, 5.41) is 7.46. The molecular weight excluding hydrogens is 516 g/mol. The number of fused-ring (bicyclic) bond motifs is 1. The largest absolute Gasteiger partial charge is 0.497 e. The second kappa shape index (κ2) is 12.1. The highest BCUT2D eigenvalue weighted by atomic mass is 35.5. The van der Waals surface area contributed by atoms with E-state index in [0.717, 1.165) is 58.9 Å². The number of ether oxygens (including phenoxy) is 2. The number of benzene rings is 3. The third-order valence-corrected chi connectivity index (χ3v) is 8.32. The quantitative estimate of drug-likeness (QED) is 0.295. The van der Waals surface area contributed by atoms with Crippen LogP contribution in [0.2, 0.25) is 5.02 Å². The molecule has 3 aromatic carbocycles. The van der Waals surface area contributed by atoms with E-state index in [-0.39, 0.29) is 17.9 Å². The number of carbonyl (C=O) groups is 1. The summed E-state index contributed by atoms with van der Waals surface area (Å²) in [5.74, 6) is 2.91. The Labute approximate surface area is 233 Å². The topological polar surface area (TPSA) is 51.1 Å². The lowest BCUT2D eigenvalue weighted by atomic mass is 9.77. The molecule has 0 radical (unpaired) electrons. The maximum atomic E-state index is 13.6. The molecule has 0 spiro atoms. The summed E-state index contributed by atoms with van der Waals surface area (Å²) in [6.45, 7) is 0. The van der Waals surface area contributed by atoms with Crippen molar-refractivity contribution in [1.82, 2.24) is 5.01 Å². The highest BCUT2D eigenvalue weighted by molar-refractivity contribution is 7.99. The van der Waals surface area contributed by atoms with Crippen molar-refractivity contribution >= 4 is 41.1 Å². The highest BCUT2D eigenvalue weighted by Crippen LogP contribution is 2.45. The molecule has 5 nitrogen and oxygen atoms in total. The molecule has 7 heteroatoms. The predicted molar refractivity (Wildman–Crippen MR) is 156 cm³/mol. The van der Waals surface area contributed by atoms with Gasteiger partial charge in [0, 0.05) is 16.7 Å². The van der Waals surface area contributed by atoms with Crippen LogP contribution in [0.3, 0.4) is 0 Å². The maximum Gasteiger partial charge on any atom is 0.253 e. The fraction of sp³-hybridized carbons (Fsp3) is 0.290. The van der Waals surface area contributed by atoms with Crippen LogP contribution in [0.15, 0.2) is 83.5 Å². The summed E-state index contributed by atoms with van der Waals surface area (Å²) < 4.78 is 10.7. The van der Waals surface area contributed by atoms with Crippen molar-refractivity contribution in [3.8, 4) is 11.5 Å². The van der Waals surface area contributed by atoms with E-state index in [4.69, 9.17) is 26.2 Å². The molecule has 0 unspecified atom stereocenters. The molecule has 1 aliphatic heterocycles. The summed E-state index contributed by atoms with van der Waals surface area (Å²) in [6.07, 6.45) is 5.21. The Balaban J connectivity index is 1.40. The lowest BCUT2D eigenvalue weighted by Gasteiger charge is -2.29. The molecule has 196 valence electrons. The SMILES string of the molecule is COc1ccc(/C=C2/CCC[C@H]3C2=NN(C(=O)CSCc2ccc(Cl)cc2)[C@@H]3c2ccc(OC)cc2)cc1. The minimum Gasteiger partial charge on any atom is -0.497 e. The Morgan fingerprint density at radius 1 is 1.00 bits per heavy atom. The van der Waals surface area contributed by atoms with Gasteiger partial charge in [0.05, 0.1) is 31.7 Å². The number of amides is 1. The Morgan fingerprint density at radius 3 is 2.32 bits per heavy atom. The number of nitrogens with zero attached hydrogens (tertiary/aromatic N) is 2. The van der Waals surface area contributed by atoms with E-state index in [2.05, 4.69) is 30.3 Å². The normalized spacial score (nSPS) is 19.7. The number of rotatable bonds is 8. The number of carbonyl (C=O) groups excluding carboxylic acids is 1. The molecule has 0 saturated heterocycles. The third-order valence-electron chi connectivity index (χ3n) is 7.08. The predicted octanol–water partition coefficient (Wildman–Crippen LogP) is 7.41. The maximum absolute atomic E-state index is 13.6. The zero-order valence-electron chi connectivity index (χ0n) is 21.6. The fourth-order valence-electron chi connectivity index (χ4n) is 5.15. The van der Waals surface area contributed by atoms with Gasteiger partial charge in [0.2, 0.25) is 0 Å². The number of methoxy groups -OCH3 is 2. The Bertz CT molecular complexity index is 1320. The van der Waals surface area contributed by atoms with E-state index in [1.165, 1.54) is 5.57 Å². The number of hydrazone groups is 1. The highest BCUT2D eigenvalue weighted by Gasteiger charge is 2.43. The van der Waals surface area contributed by atoms with Crippen LogP contribution in [0.1, 0.15) is 42.0 Å². The van der Waals surface area contributed by atoms with Crippen molar-refractivity contribution < 1.29 is 14.3 Å². The number of hydrogen-bond donors (Lipinski definition) is 0. The smallest absolute Gasteiger partial charge is 0.253 e. The van der Waals surface area contributed by atoms with Gasteiger partial charge in [-0.25, -0.2) is 5.01 Å². The van der Waals surface area contributed by atoms with Gasteiger partial charge in [-0.2, -0.15) is 5.10 Å². The van der Waals surface area contributed by atoms with Gasteiger partial charge in [-0.1, -0.05) is 48.0 Å². The van der Waals surface area contributed by atoms with Crippen LogP contribution >= 0.6 is 23.4 Å². The first-order valence-electron chi connectivity index (χ1n) is 12.8. The van der Waals surface area contributed by atoms with Crippen LogP contribution in [0.4, 0.5) is 0 Å². The molecule has 0 N–H and O–H groups in total. The van der Waals surface area contributed by atoms with Crippen LogP contribution in [-0.2, 0) is 10.5 Å². The molecule has 0 aromatic heterocycles. The first-order valence-corrected chi connectivity index (χ1v) is 14.3. The molecule has 1 fully saturated rings. The molecule has 5 rings (SSSR count). The molecular formula is C31H31ClN2O3S. The van der Waals surface area contributed by atoms with Crippen molar-refractivity contribution in [2.45, 2.75) is 31.1 Å². The van der Waals surface area contributed by atoms with Crippen LogP contribution in [0.5, 0.6) is 11.5 Å². The summed E-state index contributed by atoms with van der Waals surface area (Å²) >= 11 is 7.61. The lowest BCUT2D eigenvalue weighted by Crippen LogP contribution is -2.32. The molecule has 1 heterocycles. The first-order chi connectivity index (χ1) is 18.6. The van der Waals surface area contributed by atoms with Crippen molar-refractivity contribution in [3.63, 3.8) is 0 Å². The van der Waals surface area contributed by atoms with Gasteiger partial charge in [0.15, 0.2) is 0 Å². The van der Waals surface area contributed by atoms with Crippen LogP contribution in [0, 0.1) is 5.92 Å². The molecule has 2 aliphatic rings. The summed E-state index contributed by atoms with van der Waals surface area (Å²) in [7, 11) is 3.34.